The minimum absolute atomic E-state index is 0.102. The molecule has 0 fully saturated rings. The summed E-state index contributed by atoms with van der Waals surface area (Å²) in [6.07, 6.45) is 2.01. The summed E-state index contributed by atoms with van der Waals surface area (Å²) in [7, 11) is 0. The standard InChI is InChI=1S/C82H62/c1-7-49-44-69-70(45-50(49)8-2)78(60-28-13-12-27-59(60)75(69)51-24-10-9-11-25-51)54-40-43-58-57-42-39-53(47-73(57)82(5,6)74(58)48-54)77-63-31-16-20-35-67(63)80(68-36-21-17-32-64(68)77)79-65-33-18-14-29-61(65)76(62-30-15-19-34-66(62)79)52-38-41-56-55-26-22-23-37-71(55)81(3,4)72(56)46-52/h9-48H,7-8H2,1-6H3. The molecule has 0 atom stereocenters. The molecule has 2 aliphatic rings. The minimum Gasteiger partial charge on any atom is -0.0622 e. The highest BCUT2D eigenvalue weighted by atomic mass is 14.4. The van der Waals surface area contributed by atoms with Crippen molar-refractivity contribution in [2.24, 2.45) is 0 Å². The molecule has 0 radical (unpaired) electrons. The van der Waals surface area contributed by atoms with Gasteiger partial charge in [-0.2, -0.15) is 0 Å². The van der Waals surface area contributed by atoms with Gasteiger partial charge >= 0.3 is 0 Å². The molecule has 0 heteroatoms. The Morgan fingerprint density at radius 2 is 0.488 bits per heavy atom. The van der Waals surface area contributed by atoms with E-state index in [0.717, 1.165) is 12.8 Å². The zero-order chi connectivity index (χ0) is 55.2. The second kappa shape index (κ2) is 18.1. The summed E-state index contributed by atoms with van der Waals surface area (Å²) in [6, 6.07) is 92.9. The third-order valence-electron chi connectivity index (χ3n) is 19.4. The van der Waals surface area contributed by atoms with E-state index in [0.29, 0.717) is 0 Å². The van der Waals surface area contributed by atoms with E-state index in [1.165, 1.54) is 176 Å². The summed E-state index contributed by atoms with van der Waals surface area (Å²) >= 11 is 0. The van der Waals surface area contributed by atoms with Crippen molar-refractivity contribution in [3.05, 3.63) is 276 Å². The van der Waals surface area contributed by atoms with Gasteiger partial charge in [0, 0.05) is 10.8 Å². The fraction of sp³-hybridized carbons (Fsp3) is 0.122. The first-order valence-electron chi connectivity index (χ1n) is 29.6. The summed E-state index contributed by atoms with van der Waals surface area (Å²) in [5.41, 5.74) is 26.2. The van der Waals surface area contributed by atoms with E-state index in [2.05, 4.69) is 284 Å². The molecule has 0 saturated carbocycles. The highest BCUT2D eigenvalue weighted by Gasteiger charge is 2.38. The molecule has 14 aromatic carbocycles. The third kappa shape index (κ3) is 6.85. The zero-order valence-corrected chi connectivity index (χ0v) is 47.5. The average molecular weight is 1050 g/mol. The van der Waals surface area contributed by atoms with Crippen molar-refractivity contribution in [2.75, 3.05) is 0 Å². The van der Waals surface area contributed by atoms with Crippen LogP contribution in [0.5, 0.6) is 0 Å². The SMILES string of the molecule is CCc1cc2c(-c3ccccc3)c3ccccc3c(-c3ccc4c(c3)C(C)(C)c3cc(-c5c6ccccc6c(-c6c7ccccc7c(-c7ccc8c(c7)C(C)(C)c7ccccc7-8)c7ccccc67)c6ccccc56)ccc3-4)c2cc1CC. The van der Waals surface area contributed by atoms with E-state index >= 15 is 0 Å². The first kappa shape index (κ1) is 48.5. The minimum atomic E-state index is -0.264. The van der Waals surface area contributed by atoms with Crippen molar-refractivity contribution >= 4 is 64.6 Å². The second-order valence-corrected chi connectivity index (χ2v) is 24.3. The van der Waals surface area contributed by atoms with E-state index in [4.69, 9.17) is 0 Å². The largest absolute Gasteiger partial charge is 0.0622 e. The molecule has 0 heterocycles. The molecule has 0 saturated heterocycles. The van der Waals surface area contributed by atoms with Crippen molar-refractivity contribution in [1.29, 1.82) is 0 Å². The van der Waals surface area contributed by atoms with Crippen molar-refractivity contribution in [1.82, 2.24) is 0 Å². The van der Waals surface area contributed by atoms with Gasteiger partial charge in [-0.05, 0) is 207 Å². The molecule has 0 unspecified atom stereocenters. The lowest BCUT2D eigenvalue weighted by atomic mass is 9.78. The average Bonchev–Trinajstić information content (AvgIpc) is 3.38. The van der Waals surface area contributed by atoms with Gasteiger partial charge in [-0.3, -0.25) is 0 Å². The van der Waals surface area contributed by atoms with Crippen LogP contribution in [0.25, 0.3) is 143 Å². The molecule has 2 aliphatic carbocycles. The number of fused-ring (bicyclic) bond motifs is 12. The monoisotopic (exact) mass is 1050 g/mol. The fourth-order valence-electron chi connectivity index (χ4n) is 15.5. The van der Waals surface area contributed by atoms with Crippen LogP contribution in [-0.4, -0.2) is 0 Å². The van der Waals surface area contributed by atoms with E-state index in [9.17, 15) is 0 Å². The number of hydrogen-bond acceptors (Lipinski definition) is 0. The lowest BCUT2D eigenvalue weighted by molar-refractivity contribution is 0.660. The Labute approximate surface area is 481 Å². The normalized spacial score (nSPS) is 13.8. The maximum absolute atomic E-state index is 2.54. The van der Waals surface area contributed by atoms with Gasteiger partial charge < -0.3 is 0 Å². The van der Waals surface area contributed by atoms with Crippen LogP contribution < -0.4 is 0 Å². The molecule has 0 N–H and O–H groups in total. The molecule has 14 aromatic rings. The molecule has 390 valence electrons. The van der Waals surface area contributed by atoms with Gasteiger partial charge in [-0.1, -0.05) is 266 Å². The second-order valence-electron chi connectivity index (χ2n) is 24.3. The predicted molar refractivity (Wildman–Crippen MR) is 353 cm³/mol. The zero-order valence-electron chi connectivity index (χ0n) is 47.5. The Hall–Kier alpha value is -9.36. The number of rotatable bonds is 7. The Balaban J connectivity index is 0.869. The van der Waals surface area contributed by atoms with Gasteiger partial charge in [-0.25, -0.2) is 0 Å². The number of hydrogen-bond donors (Lipinski definition) is 0. The summed E-state index contributed by atoms with van der Waals surface area (Å²) in [5.74, 6) is 0. The van der Waals surface area contributed by atoms with Crippen LogP contribution in [0.4, 0.5) is 0 Å². The first-order valence-corrected chi connectivity index (χ1v) is 29.6. The van der Waals surface area contributed by atoms with Crippen molar-refractivity contribution in [3.63, 3.8) is 0 Å². The Bertz CT molecular complexity index is 4930. The van der Waals surface area contributed by atoms with Crippen LogP contribution in [0.3, 0.4) is 0 Å². The number of aryl methyl sites for hydroxylation is 2. The molecule has 0 spiro atoms. The van der Waals surface area contributed by atoms with Crippen LogP contribution in [0.15, 0.2) is 243 Å². The van der Waals surface area contributed by atoms with Gasteiger partial charge in [0.25, 0.3) is 0 Å². The summed E-state index contributed by atoms with van der Waals surface area (Å²) in [4.78, 5) is 0. The molecule has 0 bridgehead atoms. The molecular formula is C82H62. The lowest BCUT2D eigenvalue weighted by Gasteiger charge is -2.25. The van der Waals surface area contributed by atoms with Crippen molar-refractivity contribution in [2.45, 2.75) is 65.2 Å². The maximum Gasteiger partial charge on any atom is 0.0159 e. The fourth-order valence-corrected chi connectivity index (χ4v) is 15.5. The maximum atomic E-state index is 2.54. The highest BCUT2D eigenvalue weighted by molar-refractivity contribution is 6.30. The molecule has 0 amide bonds. The van der Waals surface area contributed by atoms with Gasteiger partial charge in [0.1, 0.15) is 0 Å². The lowest BCUT2D eigenvalue weighted by Crippen LogP contribution is -2.15. The molecular weight excluding hydrogens is 985 g/mol. The molecule has 0 aromatic heterocycles. The molecule has 82 heavy (non-hydrogen) atoms. The van der Waals surface area contributed by atoms with E-state index < -0.39 is 0 Å². The molecule has 0 nitrogen and oxygen atoms in total. The quantitative estimate of drug-likeness (QED) is 0.140. The summed E-state index contributed by atoms with van der Waals surface area (Å²) in [6.45, 7) is 14.3. The Kier molecular flexibility index (Phi) is 10.7. The van der Waals surface area contributed by atoms with E-state index in [1.807, 2.05) is 0 Å². The molecule has 16 rings (SSSR count). The van der Waals surface area contributed by atoms with Gasteiger partial charge in [-0.15, -0.1) is 0 Å². The number of benzene rings is 14. The van der Waals surface area contributed by atoms with Crippen LogP contribution in [0.2, 0.25) is 0 Å². The topological polar surface area (TPSA) is 0 Å². The summed E-state index contributed by atoms with van der Waals surface area (Å²) < 4.78 is 0. The Morgan fingerprint density at radius 3 is 0.841 bits per heavy atom. The van der Waals surface area contributed by atoms with Gasteiger partial charge in [0.2, 0.25) is 0 Å². The van der Waals surface area contributed by atoms with Crippen LogP contribution in [-0.2, 0) is 23.7 Å². The highest BCUT2D eigenvalue weighted by Crippen LogP contribution is 2.56. The predicted octanol–water partition coefficient (Wildman–Crippen LogP) is 22.7. The van der Waals surface area contributed by atoms with E-state index in [1.54, 1.807) is 0 Å². The summed E-state index contributed by atoms with van der Waals surface area (Å²) in [5, 5.41) is 15.4. The molecule has 0 aliphatic heterocycles. The van der Waals surface area contributed by atoms with Crippen LogP contribution >= 0.6 is 0 Å². The van der Waals surface area contributed by atoms with Crippen molar-refractivity contribution < 1.29 is 0 Å². The van der Waals surface area contributed by atoms with E-state index in [-0.39, 0.29) is 10.8 Å². The van der Waals surface area contributed by atoms with Gasteiger partial charge in [0.15, 0.2) is 0 Å². The Morgan fingerprint density at radius 1 is 0.220 bits per heavy atom. The van der Waals surface area contributed by atoms with Crippen molar-refractivity contribution in [3.8, 4) is 77.9 Å². The first-order chi connectivity index (χ1) is 40.1. The smallest absolute Gasteiger partial charge is 0.0159 e. The van der Waals surface area contributed by atoms with Crippen LogP contribution in [0.1, 0.15) is 74.9 Å². The van der Waals surface area contributed by atoms with Gasteiger partial charge in [0.05, 0.1) is 0 Å². The third-order valence-corrected chi connectivity index (χ3v) is 19.4. The van der Waals surface area contributed by atoms with Crippen LogP contribution in [0, 0.1) is 0 Å².